The molecule has 0 atom stereocenters. The SMILES string of the molecule is CCC(CC)COc1cc([N+](=O)[O-])c(CN)cc1OC. The van der Waals surface area contributed by atoms with Gasteiger partial charge >= 0.3 is 0 Å². The predicted molar refractivity (Wildman–Crippen MR) is 77.1 cm³/mol. The van der Waals surface area contributed by atoms with Gasteiger partial charge in [-0.1, -0.05) is 26.7 Å². The van der Waals surface area contributed by atoms with Crippen LogP contribution in [0.1, 0.15) is 32.3 Å². The smallest absolute Gasteiger partial charge is 0.277 e. The Morgan fingerprint density at radius 2 is 1.95 bits per heavy atom. The van der Waals surface area contributed by atoms with Crippen molar-refractivity contribution in [3.8, 4) is 11.5 Å². The van der Waals surface area contributed by atoms with Gasteiger partial charge in [-0.25, -0.2) is 0 Å². The molecule has 1 aromatic rings. The first-order chi connectivity index (χ1) is 9.57. The fourth-order valence-corrected chi connectivity index (χ4v) is 1.93. The summed E-state index contributed by atoms with van der Waals surface area (Å²) in [4.78, 5) is 10.6. The second-order valence-corrected chi connectivity index (χ2v) is 4.59. The van der Waals surface area contributed by atoms with Crippen molar-refractivity contribution < 1.29 is 14.4 Å². The summed E-state index contributed by atoms with van der Waals surface area (Å²) in [5.74, 6) is 1.29. The molecule has 0 bridgehead atoms. The maximum atomic E-state index is 11.0. The molecule has 112 valence electrons. The number of nitrogens with zero attached hydrogens (tertiary/aromatic N) is 1. The second kappa shape index (κ2) is 7.69. The van der Waals surface area contributed by atoms with E-state index in [9.17, 15) is 10.1 Å². The molecule has 0 aliphatic carbocycles. The van der Waals surface area contributed by atoms with Crippen LogP contribution in [0.4, 0.5) is 5.69 Å². The first kappa shape index (κ1) is 16.2. The van der Waals surface area contributed by atoms with Crippen LogP contribution in [0.15, 0.2) is 12.1 Å². The van der Waals surface area contributed by atoms with Gasteiger partial charge in [0.2, 0.25) is 0 Å². The minimum absolute atomic E-state index is 0.0344. The number of rotatable bonds is 8. The summed E-state index contributed by atoms with van der Waals surface area (Å²) in [6, 6.07) is 2.96. The van der Waals surface area contributed by atoms with Crippen molar-refractivity contribution >= 4 is 5.69 Å². The number of nitrogens with two attached hydrogens (primary N) is 1. The Labute approximate surface area is 119 Å². The third kappa shape index (κ3) is 3.84. The molecule has 6 heteroatoms. The number of hydrogen-bond donors (Lipinski definition) is 1. The van der Waals surface area contributed by atoms with E-state index in [0.29, 0.717) is 29.6 Å². The number of ether oxygens (including phenoxy) is 2. The molecule has 0 fully saturated rings. The normalized spacial score (nSPS) is 10.7. The maximum Gasteiger partial charge on any atom is 0.277 e. The Hall–Kier alpha value is -1.82. The molecule has 0 aliphatic rings. The highest BCUT2D eigenvalue weighted by molar-refractivity contribution is 5.54. The Kier molecular flexibility index (Phi) is 6.24. The van der Waals surface area contributed by atoms with Gasteiger partial charge in [-0.2, -0.15) is 0 Å². The molecule has 0 amide bonds. The molecule has 1 aromatic carbocycles. The molecule has 0 heterocycles. The lowest BCUT2D eigenvalue weighted by atomic mass is 10.1. The quantitative estimate of drug-likeness (QED) is 0.585. The third-order valence-corrected chi connectivity index (χ3v) is 3.41. The van der Waals surface area contributed by atoms with E-state index in [2.05, 4.69) is 13.8 Å². The van der Waals surface area contributed by atoms with Gasteiger partial charge in [0.15, 0.2) is 11.5 Å². The fraction of sp³-hybridized carbons (Fsp3) is 0.571. The van der Waals surface area contributed by atoms with Crippen molar-refractivity contribution in [2.24, 2.45) is 11.7 Å². The fourth-order valence-electron chi connectivity index (χ4n) is 1.93. The molecule has 0 unspecified atom stereocenters. The van der Waals surface area contributed by atoms with E-state index < -0.39 is 4.92 Å². The van der Waals surface area contributed by atoms with E-state index in [0.717, 1.165) is 12.8 Å². The predicted octanol–water partition coefficient (Wildman–Crippen LogP) is 2.88. The van der Waals surface area contributed by atoms with E-state index in [-0.39, 0.29) is 12.2 Å². The van der Waals surface area contributed by atoms with Gasteiger partial charge in [-0.3, -0.25) is 10.1 Å². The summed E-state index contributed by atoms with van der Waals surface area (Å²) in [5, 5.41) is 11.0. The van der Waals surface area contributed by atoms with Crippen LogP contribution in [0.5, 0.6) is 11.5 Å². The van der Waals surface area contributed by atoms with Crippen LogP contribution >= 0.6 is 0 Å². The third-order valence-electron chi connectivity index (χ3n) is 3.41. The monoisotopic (exact) mass is 282 g/mol. The van der Waals surface area contributed by atoms with Crippen LogP contribution in [0.3, 0.4) is 0 Å². The highest BCUT2D eigenvalue weighted by atomic mass is 16.6. The zero-order valence-electron chi connectivity index (χ0n) is 12.2. The minimum atomic E-state index is -0.453. The molecule has 0 aromatic heterocycles. The largest absolute Gasteiger partial charge is 0.493 e. The van der Waals surface area contributed by atoms with E-state index in [1.807, 2.05) is 0 Å². The zero-order chi connectivity index (χ0) is 15.1. The number of nitro benzene ring substituents is 1. The summed E-state index contributed by atoms with van der Waals surface area (Å²) in [6.45, 7) is 4.78. The average Bonchev–Trinajstić information content (AvgIpc) is 2.47. The van der Waals surface area contributed by atoms with Gasteiger partial charge in [-0.15, -0.1) is 0 Å². The van der Waals surface area contributed by atoms with Crippen molar-refractivity contribution in [1.82, 2.24) is 0 Å². The van der Waals surface area contributed by atoms with Crippen molar-refractivity contribution in [2.45, 2.75) is 33.2 Å². The zero-order valence-corrected chi connectivity index (χ0v) is 12.2. The summed E-state index contributed by atoms with van der Waals surface area (Å²) < 4.78 is 10.9. The molecule has 1 rings (SSSR count). The number of methoxy groups -OCH3 is 1. The maximum absolute atomic E-state index is 11.0. The van der Waals surface area contributed by atoms with Crippen molar-refractivity contribution in [3.05, 3.63) is 27.8 Å². The molecule has 2 N–H and O–H groups in total. The van der Waals surface area contributed by atoms with Gasteiger partial charge in [0.1, 0.15) is 0 Å². The summed E-state index contributed by atoms with van der Waals surface area (Å²) in [7, 11) is 1.51. The molecule has 0 radical (unpaired) electrons. The summed E-state index contributed by atoms with van der Waals surface area (Å²) >= 11 is 0. The molecule has 0 spiro atoms. The Bertz CT molecular complexity index is 459. The molecule has 0 saturated carbocycles. The van der Waals surface area contributed by atoms with Crippen LogP contribution in [-0.4, -0.2) is 18.6 Å². The van der Waals surface area contributed by atoms with Gasteiger partial charge < -0.3 is 15.2 Å². The lowest BCUT2D eigenvalue weighted by molar-refractivity contribution is -0.385. The number of benzene rings is 1. The van der Waals surface area contributed by atoms with Crippen LogP contribution in [-0.2, 0) is 6.54 Å². The van der Waals surface area contributed by atoms with Gasteiger partial charge in [-0.05, 0) is 12.0 Å². The Morgan fingerprint density at radius 3 is 2.40 bits per heavy atom. The molecule has 20 heavy (non-hydrogen) atoms. The first-order valence-corrected chi connectivity index (χ1v) is 6.75. The first-order valence-electron chi connectivity index (χ1n) is 6.75. The van der Waals surface area contributed by atoms with Gasteiger partial charge in [0.25, 0.3) is 5.69 Å². The van der Waals surface area contributed by atoms with E-state index in [4.69, 9.17) is 15.2 Å². The molecular formula is C14H22N2O4. The second-order valence-electron chi connectivity index (χ2n) is 4.59. The number of nitro groups is 1. The van der Waals surface area contributed by atoms with Crippen LogP contribution < -0.4 is 15.2 Å². The van der Waals surface area contributed by atoms with E-state index >= 15 is 0 Å². The number of hydrogen-bond acceptors (Lipinski definition) is 5. The molecule has 6 nitrogen and oxygen atoms in total. The van der Waals surface area contributed by atoms with Crippen LogP contribution in [0, 0.1) is 16.0 Å². The highest BCUT2D eigenvalue weighted by Gasteiger charge is 2.19. The summed E-state index contributed by atoms with van der Waals surface area (Å²) in [6.07, 6.45) is 2.00. The van der Waals surface area contributed by atoms with Gasteiger partial charge in [0.05, 0.1) is 24.7 Å². The minimum Gasteiger partial charge on any atom is -0.493 e. The summed E-state index contributed by atoms with van der Waals surface area (Å²) in [5.41, 5.74) is 5.92. The Balaban J connectivity index is 3.04. The molecule has 0 aliphatic heterocycles. The molecular weight excluding hydrogens is 260 g/mol. The van der Waals surface area contributed by atoms with Crippen molar-refractivity contribution in [1.29, 1.82) is 0 Å². The molecule has 0 saturated heterocycles. The highest BCUT2D eigenvalue weighted by Crippen LogP contribution is 2.35. The standard InChI is InChI=1S/C14H22N2O4/c1-4-10(5-2)9-20-14-7-12(16(17)18)11(8-15)6-13(14)19-3/h6-7,10H,4-5,8-9,15H2,1-3H3. The average molecular weight is 282 g/mol. The van der Waals surface area contributed by atoms with E-state index in [1.54, 1.807) is 6.07 Å². The lowest BCUT2D eigenvalue weighted by Gasteiger charge is -2.16. The van der Waals surface area contributed by atoms with Crippen LogP contribution in [0.25, 0.3) is 0 Å². The Morgan fingerprint density at radius 1 is 1.30 bits per heavy atom. The van der Waals surface area contributed by atoms with Gasteiger partial charge in [0, 0.05) is 12.1 Å². The topological polar surface area (TPSA) is 87.6 Å². The van der Waals surface area contributed by atoms with Crippen molar-refractivity contribution in [3.63, 3.8) is 0 Å². The van der Waals surface area contributed by atoms with E-state index in [1.165, 1.54) is 13.2 Å². The van der Waals surface area contributed by atoms with Crippen molar-refractivity contribution in [2.75, 3.05) is 13.7 Å². The lowest BCUT2D eigenvalue weighted by Crippen LogP contribution is -2.11. The van der Waals surface area contributed by atoms with Crippen LogP contribution in [0.2, 0.25) is 0 Å².